The van der Waals surface area contributed by atoms with Crippen LogP contribution >= 0.6 is 11.3 Å². The van der Waals surface area contributed by atoms with Gasteiger partial charge in [-0.1, -0.05) is 18.2 Å². The molecule has 0 fully saturated rings. The summed E-state index contributed by atoms with van der Waals surface area (Å²) in [5.41, 5.74) is 6.17. The fourth-order valence-corrected chi connectivity index (χ4v) is 2.83. The molecule has 0 aliphatic carbocycles. The lowest BCUT2D eigenvalue weighted by Crippen LogP contribution is -2.04. The smallest absolute Gasteiger partial charge is 0.224 e. The maximum atomic E-state index is 4.58. The van der Waals surface area contributed by atoms with Crippen molar-refractivity contribution in [2.24, 2.45) is 5.10 Å². The molecule has 0 aliphatic rings. The van der Waals surface area contributed by atoms with Crippen LogP contribution in [0.4, 0.5) is 5.95 Å². The third-order valence-corrected chi connectivity index (χ3v) is 4.15. The van der Waals surface area contributed by atoms with Crippen LogP contribution in [0.15, 0.2) is 46.9 Å². The molecule has 3 aromatic rings. The number of thiophene rings is 1. The molecule has 0 radical (unpaired) electrons. The molecule has 0 atom stereocenters. The minimum absolute atomic E-state index is 0.782. The van der Waals surface area contributed by atoms with E-state index in [0.29, 0.717) is 0 Å². The molecule has 20 heavy (non-hydrogen) atoms. The standard InChI is InChI=1S/C15H16N4S/c1-3-19-13-8-5-4-7-12(13)16-15(19)18-17-11(2)14-9-6-10-20-14/h4-10H,3H2,1-2H3,(H,16,18)/b17-11+. The lowest BCUT2D eigenvalue weighted by Gasteiger charge is -2.05. The highest BCUT2D eigenvalue weighted by Crippen LogP contribution is 2.19. The Hall–Kier alpha value is -2.14. The van der Waals surface area contributed by atoms with E-state index in [2.05, 4.69) is 44.5 Å². The molecule has 2 heterocycles. The van der Waals surface area contributed by atoms with E-state index in [0.717, 1.165) is 34.1 Å². The van der Waals surface area contributed by atoms with Gasteiger partial charge in [0, 0.05) is 11.4 Å². The number of nitrogens with zero attached hydrogens (tertiary/aromatic N) is 3. The van der Waals surface area contributed by atoms with Crippen LogP contribution in [0.25, 0.3) is 11.0 Å². The SMILES string of the molecule is CCn1c(N/N=C(\C)c2cccs2)nc2ccccc21. The first-order chi connectivity index (χ1) is 9.79. The molecular weight excluding hydrogens is 268 g/mol. The normalized spacial score (nSPS) is 12.0. The van der Waals surface area contributed by atoms with Crippen LogP contribution in [-0.4, -0.2) is 15.3 Å². The predicted octanol–water partition coefficient (Wildman–Crippen LogP) is 3.95. The number of rotatable bonds is 4. The molecule has 2 aromatic heterocycles. The summed E-state index contributed by atoms with van der Waals surface area (Å²) in [6, 6.07) is 12.2. The molecular formula is C15H16N4S. The second-order valence-corrected chi connectivity index (χ2v) is 5.40. The van der Waals surface area contributed by atoms with Crippen molar-refractivity contribution in [3.8, 4) is 0 Å². The van der Waals surface area contributed by atoms with E-state index in [1.54, 1.807) is 11.3 Å². The second kappa shape index (κ2) is 5.46. The van der Waals surface area contributed by atoms with E-state index < -0.39 is 0 Å². The zero-order valence-electron chi connectivity index (χ0n) is 11.5. The minimum atomic E-state index is 0.782. The van der Waals surface area contributed by atoms with Crippen LogP contribution in [0.1, 0.15) is 18.7 Å². The molecule has 4 nitrogen and oxygen atoms in total. The monoisotopic (exact) mass is 284 g/mol. The van der Waals surface area contributed by atoms with Crippen molar-refractivity contribution in [1.82, 2.24) is 9.55 Å². The number of imidazole rings is 1. The van der Waals surface area contributed by atoms with Crippen LogP contribution < -0.4 is 5.43 Å². The fraction of sp³-hybridized carbons (Fsp3) is 0.200. The quantitative estimate of drug-likeness (QED) is 0.582. The number of benzene rings is 1. The average molecular weight is 284 g/mol. The van der Waals surface area contributed by atoms with Crippen LogP contribution in [0.2, 0.25) is 0 Å². The Kier molecular flexibility index (Phi) is 3.52. The van der Waals surface area contributed by atoms with E-state index in [4.69, 9.17) is 0 Å². The largest absolute Gasteiger partial charge is 0.309 e. The highest BCUT2D eigenvalue weighted by Gasteiger charge is 2.08. The van der Waals surface area contributed by atoms with Crippen molar-refractivity contribution in [1.29, 1.82) is 0 Å². The topological polar surface area (TPSA) is 42.2 Å². The molecule has 1 N–H and O–H groups in total. The first kappa shape index (κ1) is 12.9. The Morgan fingerprint density at radius 1 is 1.30 bits per heavy atom. The summed E-state index contributed by atoms with van der Waals surface area (Å²) in [5, 5.41) is 6.49. The summed E-state index contributed by atoms with van der Waals surface area (Å²) in [6.45, 7) is 4.96. The summed E-state index contributed by atoms with van der Waals surface area (Å²) in [7, 11) is 0. The minimum Gasteiger partial charge on any atom is -0.309 e. The Morgan fingerprint density at radius 3 is 2.90 bits per heavy atom. The maximum Gasteiger partial charge on any atom is 0.224 e. The van der Waals surface area contributed by atoms with Gasteiger partial charge in [0.15, 0.2) is 0 Å². The van der Waals surface area contributed by atoms with Crippen LogP contribution in [0, 0.1) is 0 Å². The van der Waals surface area contributed by atoms with E-state index in [1.165, 1.54) is 0 Å². The van der Waals surface area contributed by atoms with Gasteiger partial charge in [0.05, 0.1) is 16.7 Å². The maximum absolute atomic E-state index is 4.58. The molecule has 1 aromatic carbocycles. The summed E-state index contributed by atoms with van der Waals surface area (Å²) < 4.78 is 2.13. The van der Waals surface area contributed by atoms with Gasteiger partial charge in [-0.05, 0) is 37.4 Å². The third kappa shape index (κ3) is 2.32. The summed E-state index contributed by atoms with van der Waals surface area (Å²) in [5.74, 6) is 0.782. The summed E-state index contributed by atoms with van der Waals surface area (Å²) in [6.07, 6.45) is 0. The van der Waals surface area contributed by atoms with Gasteiger partial charge in [-0.3, -0.25) is 0 Å². The number of hydrazone groups is 1. The van der Waals surface area contributed by atoms with Gasteiger partial charge in [-0.15, -0.1) is 11.3 Å². The highest BCUT2D eigenvalue weighted by atomic mass is 32.1. The van der Waals surface area contributed by atoms with Crippen molar-refractivity contribution in [2.45, 2.75) is 20.4 Å². The molecule has 0 aliphatic heterocycles. The average Bonchev–Trinajstić information content (AvgIpc) is 3.11. The molecule has 0 saturated carbocycles. The number of hydrogen-bond donors (Lipinski definition) is 1. The fourth-order valence-electron chi connectivity index (χ4n) is 2.15. The third-order valence-electron chi connectivity index (χ3n) is 3.17. The predicted molar refractivity (Wildman–Crippen MR) is 85.6 cm³/mol. The molecule has 0 bridgehead atoms. The molecule has 102 valence electrons. The van der Waals surface area contributed by atoms with Crippen molar-refractivity contribution in [2.75, 3.05) is 5.43 Å². The van der Waals surface area contributed by atoms with Crippen molar-refractivity contribution >= 4 is 34.0 Å². The number of fused-ring (bicyclic) bond motifs is 1. The van der Waals surface area contributed by atoms with Gasteiger partial charge < -0.3 is 4.57 Å². The Balaban J connectivity index is 1.93. The van der Waals surface area contributed by atoms with Crippen LogP contribution in [-0.2, 0) is 6.54 Å². The van der Waals surface area contributed by atoms with Gasteiger partial charge in [0.25, 0.3) is 0 Å². The molecule has 0 saturated heterocycles. The first-order valence-electron chi connectivity index (χ1n) is 6.59. The Labute approximate surface area is 121 Å². The lowest BCUT2D eigenvalue weighted by molar-refractivity contribution is 0.791. The molecule has 0 unspecified atom stereocenters. The second-order valence-electron chi connectivity index (χ2n) is 4.45. The van der Waals surface area contributed by atoms with Crippen molar-refractivity contribution < 1.29 is 0 Å². The number of para-hydroxylation sites is 2. The van der Waals surface area contributed by atoms with E-state index in [1.807, 2.05) is 31.2 Å². The summed E-state index contributed by atoms with van der Waals surface area (Å²) >= 11 is 1.68. The van der Waals surface area contributed by atoms with Gasteiger partial charge >= 0.3 is 0 Å². The highest BCUT2D eigenvalue weighted by molar-refractivity contribution is 7.12. The number of anilines is 1. The molecule has 5 heteroatoms. The Morgan fingerprint density at radius 2 is 2.15 bits per heavy atom. The van der Waals surface area contributed by atoms with Crippen molar-refractivity contribution in [3.63, 3.8) is 0 Å². The lowest BCUT2D eigenvalue weighted by atomic mass is 10.3. The molecule has 3 rings (SSSR count). The van der Waals surface area contributed by atoms with E-state index in [9.17, 15) is 0 Å². The molecule has 0 spiro atoms. The van der Waals surface area contributed by atoms with Crippen molar-refractivity contribution in [3.05, 3.63) is 46.7 Å². The Bertz CT molecular complexity index is 740. The van der Waals surface area contributed by atoms with Gasteiger partial charge in [-0.2, -0.15) is 5.10 Å². The number of aromatic nitrogens is 2. The van der Waals surface area contributed by atoms with E-state index in [-0.39, 0.29) is 0 Å². The van der Waals surface area contributed by atoms with E-state index >= 15 is 0 Å². The summed E-state index contributed by atoms with van der Waals surface area (Å²) in [4.78, 5) is 5.75. The zero-order chi connectivity index (χ0) is 13.9. The van der Waals surface area contributed by atoms with Gasteiger partial charge in [-0.25, -0.2) is 10.4 Å². The number of hydrogen-bond acceptors (Lipinski definition) is 4. The number of aryl methyl sites for hydroxylation is 1. The van der Waals surface area contributed by atoms with Gasteiger partial charge in [0.2, 0.25) is 5.95 Å². The van der Waals surface area contributed by atoms with Gasteiger partial charge in [0.1, 0.15) is 0 Å². The van der Waals surface area contributed by atoms with Crippen LogP contribution in [0.5, 0.6) is 0 Å². The van der Waals surface area contributed by atoms with Crippen LogP contribution in [0.3, 0.4) is 0 Å². The molecule has 0 amide bonds. The zero-order valence-corrected chi connectivity index (χ0v) is 12.3. The number of nitrogens with one attached hydrogen (secondary N) is 1. The first-order valence-corrected chi connectivity index (χ1v) is 7.47.